The van der Waals surface area contributed by atoms with Crippen LogP contribution in [0.1, 0.15) is 12.8 Å². The number of piperidine rings is 1. The van der Waals surface area contributed by atoms with Crippen molar-refractivity contribution in [2.75, 3.05) is 19.3 Å². The standard InChI is InChI=1S/C15H18ClN3O3S2/c1-18-13-11(16)4-3-5-12(13)23-15(18)17-14(20)10-6-8-19(9-7-10)24(2,21)22/h3-5,10H,6-9H2,1-2H3. The molecule has 1 aromatic carbocycles. The van der Waals surface area contributed by atoms with Crippen LogP contribution >= 0.6 is 22.9 Å². The number of benzene rings is 1. The highest BCUT2D eigenvalue weighted by atomic mass is 35.5. The van der Waals surface area contributed by atoms with Crippen LogP contribution < -0.4 is 4.80 Å². The van der Waals surface area contributed by atoms with E-state index < -0.39 is 10.0 Å². The number of hydrogen-bond donors (Lipinski definition) is 0. The van der Waals surface area contributed by atoms with Gasteiger partial charge in [0.25, 0.3) is 5.91 Å². The molecule has 6 nitrogen and oxygen atoms in total. The van der Waals surface area contributed by atoms with Crippen LogP contribution in [0.5, 0.6) is 0 Å². The van der Waals surface area contributed by atoms with E-state index in [2.05, 4.69) is 4.99 Å². The van der Waals surface area contributed by atoms with Gasteiger partial charge in [-0.2, -0.15) is 4.99 Å². The van der Waals surface area contributed by atoms with Crippen molar-refractivity contribution in [1.82, 2.24) is 8.87 Å². The second kappa shape index (κ2) is 6.59. The lowest BCUT2D eigenvalue weighted by Gasteiger charge is -2.28. The minimum Gasteiger partial charge on any atom is -0.318 e. The summed E-state index contributed by atoms with van der Waals surface area (Å²) in [5.41, 5.74) is 0.864. The minimum absolute atomic E-state index is 0.193. The zero-order chi connectivity index (χ0) is 17.5. The average molecular weight is 388 g/mol. The van der Waals surface area contributed by atoms with Crippen molar-refractivity contribution in [3.63, 3.8) is 0 Å². The molecule has 0 unspecified atom stereocenters. The van der Waals surface area contributed by atoms with Gasteiger partial charge in [-0.3, -0.25) is 4.79 Å². The van der Waals surface area contributed by atoms with Crippen LogP contribution in [-0.4, -0.2) is 42.5 Å². The van der Waals surface area contributed by atoms with Gasteiger partial charge in [-0.1, -0.05) is 29.0 Å². The first-order chi connectivity index (χ1) is 11.3. The maximum absolute atomic E-state index is 12.5. The topological polar surface area (TPSA) is 71.7 Å². The normalized spacial score (nSPS) is 18.4. The van der Waals surface area contributed by atoms with Crippen molar-refractivity contribution in [3.8, 4) is 0 Å². The van der Waals surface area contributed by atoms with Crippen LogP contribution in [0.2, 0.25) is 5.02 Å². The van der Waals surface area contributed by atoms with Gasteiger partial charge in [0.05, 0.1) is 21.5 Å². The molecule has 1 aliphatic rings. The van der Waals surface area contributed by atoms with Crippen LogP contribution in [0.4, 0.5) is 0 Å². The first-order valence-electron chi connectivity index (χ1n) is 7.55. The predicted octanol–water partition coefficient (Wildman–Crippen LogP) is 1.99. The first kappa shape index (κ1) is 17.6. The molecule has 1 aliphatic heterocycles. The minimum atomic E-state index is -3.19. The van der Waals surface area contributed by atoms with Crippen LogP contribution in [0.25, 0.3) is 10.2 Å². The van der Waals surface area contributed by atoms with E-state index in [-0.39, 0.29) is 11.8 Å². The fourth-order valence-electron chi connectivity index (χ4n) is 2.88. The summed E-state index contributed by atoms with van der Waals surface area (Å²) in [6.45, 7) is 0.740. The lowest BCUT2D eigenvalue weighted by Crippen LogP contribution is -2.39. The van der Waals surface area contributed by atoms with Gasteiger partial charge in [0, 0.05) is 26.1 Å². The highest BCUT2D eigenvalue weighted by Crippen LogP contribution is 2.25. The molecule has 0 aliphatic carbocycles. The van der Waals surface area contributed by atoms with E-state index in [4.69, 9.17) is 11.6 Å². The smallest absolute Gasteiger partial charge is 0.251 e. The number of thiazole rings is 1. The van der Waals surface area contributed by atoms with E-state index >= 15 is 0 Å². The molecule has 130 valence electrons. The van der Waals surface area contributed by atoms with Gasteiger partial charge in [0.1, 0.15) is 0 Å². The lowest BCUT2D eigenvalue weighted by molar-refractivity contribution is -0.122. The number of halogens is 1. The van der Waals surface area contributed by atoms with E-state index in [0.29, 0.717) is 35.8 Å². The molecular weight excluding hydrogens is 370 g/mol. The highest BCUT2D eigenvalue weighted by Gasteiger charge is 2.28. The zero-order valence-electron chi connectivity index (χ0n) is 13.4. The second-order valence-corrected chi connectivity index (χ2v) is 9.32. The largest absolute Gasteiger partial charge is 0.318 e. The Bertz CT molecular complexity index is 954. The van der Waals surface area contributed by atoms with Crippen LogP contribution in [0.15, 0.2) is 23.2 Å². The van der Waals surface area contributed by atoms with Gasteiger partial charge < -0.3 is 4.57 Å². The molecule has 2 aromatic rings. The Morgan fingerprint density at radius 2 is 2.00 bits per heavy atom. The monoisotopic (exact) mass is 387 g/mol. The molecule has 2 heterocycles. The van der Waals surface area contributed by atoms with Crippen molar-refractivity contribution >= 4 is 49.1 Å². The third kappa shape index (κ3) is 3.42. The Balaban J connectivity index is 1.84. The van der Waals surface area contributed by atoms with Crippen LogP contribution in [-0.2, 0) is 21.9 Å². The number of para-hydroxylation sites is 1. The molecule has 0 bridgehead atoms. The third-order valence-electron chi connectivity index (χ3n) is 4.25. The van der Waals surface area contributed by atoms with Crippen molar-refractivity contribution in [3.05, 3.63) is 28.0 Å². The molecular formula is C15H18ClN3O3S2. The number of aryl methyl sites for hydroxylation is 1. The molecule has 1 fully saturated rings. The van der Waals surface area contributed by atoms with Gasteiger partial charge in [-0.05, 0) is 25.0 Å². The Morgan fingerprint density at radius 1 is 1.33 bits per heavy atom. The number of hydrogen-bond acceptors (Lipinski definition) is 4. The molecule has 0 saturated carbocycles. The molecule has 0 atom stereocenters. The number of aromatic nitrogens is 1. The fourth-order valence-corrected chi connectivity index (χ4v) is 5.17. The number of sulfonamides is 1. The number of rotatable bonds is 2. The number of nitrogens with zero attached hydrogens (tertiary/aromatic N) is 3. The van der Waals surface area contributed by atoms with Crippen LogP contribution in [0.3, 0.4) is 0 Å². The van der Waals surface area contributed by atoms with Gasteiger partial charge >= 0.3 is 0 Å². The quantitative estimate of drug-likeness (QED) is 0.791. The van der Waals surface area contributed by atoms with E-state index in [9.17, 15) is 13.2 Å². The van der Waals surface area contributed by atoms with E-state index in [1.165, 1.54) is 21.9 Å². The summed E-state index contributed by atoms with van der Waals surface area (Å²) in [6.07, 6.45) is 2.20. The number of carbonyl (C=O) groups excluding carboxylic acids is 1. The molecule has 1 saturated heterocycles. The lowest BCUT2D eigenvalue weighted by atomic mass is 9.98. The third-order valence-corrected chi connectivity index (χ3v) is 6.96. The molecule has 1 amide bonds. The van der Waals surface area contributed by atoms with E-state index in [1.807, 2.05) is 29.8 Å². The molecule has 24 heavy (non-hydrogen) atoms. The Labute approximate surface area is 149 Å². The summed E-state index contributed by atoms with van der Waals surface area (Å²) < 4.78 is 27.3. The summed E-state index contributed by atoms with van der Waals surface area (Å²) in [5, 5.41) is 0.626. The summed E-state index contributed by atoms with van der Waals surface area (Å²) in [7, 11) is -1.35. The number of carbonyl (C=O) groups is 1. The van der Waals surface area contributed by atoms with Gasteiger partial charge in [-0.25, -0.2) is 12.7 Å². The van der Waals surface area contributed by atoms with Gasteiger partial charge in [-0.15, -0.1) is 0 Å². The second-order valence-electron chi connectivity index (χ2n) is 5.92. The zero-order valence-corrected chi connectivity index (χ0v) is 15.8. The summed E-state index contributed by atoms with van der Waals surface area (Å²) in [5.74, 6) is -0.426. The summed E-state index contributed by atoms with van der Waals surface area (Å²) >= 11 is 7.64. The summed E-state index contributed by atoms with van der Waals surface area (Å²) in [6, 6.07) is 5.62. The average Bonchev–Trinajstić information content (AvgIpc) is 2.84. The molecule has 1 aromatic heterocycles. The molecule has 9 heteroatoms. The van der Waals surface area contributed by atoms with Crippen molar-refractivity contribution < 1.29 is 13.2 Å². The Hall–Kier alpha value is -1.22. The predicted molar refractivity (Wildman–Crippen MR) is 95.5 cm³/mol. The van der Waals surface area contributed by atoms with Crippen molar-refractivity contribution in [1.29, 1.82) is 0 Å². The molecule has 0 radical (unpaired) electrons. The van der Waals surface area contributed by atoms with Crippen molar-refractivity contribution in [2.24, 2.45) is 18.0 Å². The molecule has 3 rings (SSSR count). The molecule has 0 N–H and O–H groups in total. The Kier molecular flexibility index (Phi) is 4.83. The Morgan fingerprint density at radius 3 is 2.58 bits per heavy atom. The van der Waals surface area contributed by atoms with E-state index in [1.54, 1.807) is 0 Å². The highest BCUT2D eigenvalue weighted by molar-refractivity contribution is 7.88. The van der Waals surface area contributed by atoms with Crippen molar-refractivity contribution in [2.45, 2.75) is 12.8 Å². The van der Waals surface area contributed by atoms with Gasteiger partial charge in [0.15, 0.2) is 4.80 Å². The SMILES string of the molecule is Cn1c(=NC(=O)C2CCN(S(C)(=O)=O)CC2)sc2cccc(Cl)c21. The van der Waals surface area contributed by atoms with E-state index in [0.717, 1.165) is 10.2 Å². The van der Waals surface area contributed by atoms with Crippen LogP contribution in [0, 0.1) is 5.92 Å². The number of amides is 1. The maximum Gasteiger partial charge on any atom is 0.251 e. The number of fused-ring (bicyclic) bond motifs is 1. The first-order valence-corrected chi connectivity index (χ1v) is 10.6. The van der Waals surface area contributed by atoms with Gasteiger partial charge in [0.2, 0.25) is 10.0 Å². The summed E-state index contributed by atoms with van der Waals surface area (Å²) in [4.78, 5) is 17.3. The maximum atomic E-state index is 12.5. The fraction of sp³-hybridized carbons (Fsp3) is 0.467. The molecule has 0 spiro atoms.